The van der Waals surface area contributed by atoms with E-state index in [1.165, 1.54) is 0 Å². The number of amides is 1. The highest BCUT2D eigenvalue weighted by Crippen LogP contribution is 2.16. The second-order valence-electron chi connectivity index (χ2n) is 3.60. The number of nitrogens with two attached hydrogens (primary N) is 1. The van der Waals surface area contributed by atoms with E-state index in [1.807, 2.05) is 13.2 Å². The zero-order chi connectivity index (χ0) is 12.1. The van der Waals surface area contributed by atoms with E-state index in [9.17, 15) is 4.79 Å². The molecule has 0 aliphatic carbocycles. The maximum atomic E-state index is 11.8. The van der Waals surface area contributed by atoms with Crippen molar-refractivity contribution in [3.05, 3.63) is 28.8 Å². The van der Waals surface area contributed by atoms with Crippen LogP contribution in [0.15, 0.2) is 18.2 Å². The molecule has 5 heteroatoms. The highest BCUT2D eigenvalue weighted by molar-refractivity contribution is 7.98. The molecule has 1 atom stereocenters. The summed E-state index contributed by atoms with van der Waals surface area (Å²) in [6.07, 6.45) is 2.00. The summed E-state index contributed by atoms with van der Waals surface area (Å²) in [5.74, 6) is 0.734. The molecule has 0 bridgehead atoms. The lowest BCUT2D eigenvalue weighted by Crippen LogP contribution is -2.34. The zero-order valence-corrected chi connectivity index (χ0v) is 10.9. The molecule has 0 aromatic heterocycles. The number of nitrogens with one attached hydrogen (secondary N) is 1. The molecular formula is C11H15ClN2OS. The first-order valence-corrected chi connectivity index (χ1v) is 6.66. The molecule has 0 saturated carbocycles. The summed E-state index contributed by atoms with van der Waals surface area (Å²) in [7, 11) is 0. The van der Waals surface area contributed by atoms with Gasteiger partial charge in [-0.15, -0.1) is 0 Å². The van der Waals surface area contributed by atoms with Gasteiger partial charge in [0.1, 0.15) is 0 Å². The Hall–Kier alpha value is -0.870. The molecule has 0 spiro atoms. The highest BCUT2D eigenvalue weighted by Gasteiger charge is 2.10. The van der Waals surface area contributed by atoms with Crippen molar-refractivity contribution in [2.75, 3.05) is 17.7 Å². The van der Waals surface area contributed by atoms with Crippen molar-refractivity contribution in [1.29, 1.82) is 0 Å². The average molecular weight is 259 g/mol. The molecule has 0 aliphatic heterocycles. The fourth-order valence-corrected chi connectivity index (χ4v) is 2.17. The number of benzene rings is 1. The Labute approximate surface area is 105 Å². The minimum Gasteiger partial charge on any atom is -0.399 e. The normalized spacial score (nSPS) is 12.2. The molecule has 1 rings (SSSR count). The standard InChI is InChI=1S/C11H15ClN2OS/c1-7(6-16-2)14-11(15)8-3-9(12)5-10(13)4-8/h3-5,7H,6,13H2,1-2H3,(H,14,15). The van der Waals surface area contributed by atoms with Gasteiger partial charge in [0, 0.05) is 28.1 Å². The third-order valence-electron chi connectivity index (χ3n) is 1.98. The quantitative estimate of drug-likeness (QED) is 0.816. The molecule has 0 radical (unpaired) electrons. The first kappa shape index (κ1) is 13.2. The monoisotopic (exact) mass is 258 g/mol. The van der Waals surface area contributed by atoms with Crippen molar-refractivity contribution < 1.29 is 4.79 Å². The highest BCUT2D eigenvalue weighted by atomic mass is 35.5. The third-order valence-corrected chi connectivity index (χ3v) is 3.03. The van der Waals surface area contributed by atoms with Crippen molar-refractivity contribution in [3.8, 4) is 0 Å². The molecule has 0 fully saturated rings. The molecule has 0 saturated heterocycles. The Kier molecular flexibility index (Phi) is 4.96. The van der Waals surface area contributed by atoms with Crippen LogP contribution in [0.5, 0.6) is 0 Å². The van der Waals surface area contributed by atoms with Gasteiger partial charge in [-0.1, -0.05) is 11.6 Å². The van der Waals surface area contributed by atoms with E-state index in [1.54, 1.807) is 30.0 Å². The lowest BCUT2D eigenvalue weighted by molar-refractivity contribution is 0.0944. The third kappa shape index (κ3) is 3.94. The molecule has 16 heavy (non-hydrogen) atoms. The van der Waals surface area contributed by atoms with Crippen molar-refractivity contribution in [2.24, 2.45) is 0 Å². The predicted molar refractivity (Wildman–Crippen MR) is 71.2 cm³/mol. The molecule has 3 nitrogen and oxygen atoms in total. The van der Waals surface area contributed by atoms with Crippen LogP contribution in [0.2, 0.25) is 5.02 Å². The zero-order valence-electron chi connectivity index (χ0n) is 9.29. The van der Waals surface area contributed by atoms with Crippen LogP contribution < -0.4 is 11.1 Å². The summed E-state index contributed by atoms with van der Waals surface area (Å²) in [4.78, 5) is 11.8. The van der Waals surface area contributed by atoms with Gasteiger partial charge >= 0.3 is 0 Å². The minimum absolute atomic E-state index is 0.128. The van der Waals surface area contributed by atoms with Crippen molar-refractivity contribution in [3.63, 3.8) is 0 Å². The van der Waals surface area contributed by atoms with Gasteiger partial charge in [-0.2, -0.15) is 11.8 Å². The number of hydrogen-bond acceptors (Lipinski definition) is 3. The molecule has 1 unspecified atom stereocenters. The maximum Gasteiger partial charge on any atom is 0.251 e. The van der Waals surface area contributed by atoms with Crippen LogP contribution in [-0.2, 0) is 0 Å². The molecule has 1 amide bonds. The van der Waals surface area contributed by atoms with E-state index in [0.717, 1.165) is 5.75 Å². The van der Waals surface area contributed by atoms with Crippen LogP contribution in [0.4, 0.5) is 5.69 Å². The Morgan fingerprint density at radius 1 is 1.56 bits per heavy atom. The molecule has 3 N–H and O–H groups in total. The Morgan fingerprint density at radius 3 is 2.81 bits per heavy atom. The molecule has 0 heterocycles. The lowest BCUT2D eigenvalue weighted by atomic mass is 10.2. The number of carbonyl (C=O) groups excluding carboxylic acids is 1. The molecule has 0 aliphatic rings. The summed E-state index contributed by atoms with van der Waals surface area (Å²) in [6, 6.07) is 4.97. The molecule has 1 aromatic rings. The van der Waals surface area contributed by atoms with E-state index in [2.05, 4.69) is 5.32 Å². The predicted octanol–water partition coefficient (Wildman–Crippen LogP) is 2.40. The van der Waals surface area contributed by atoms with Crippen LogP contribution in [-0.4, -0.2) is 24.0 Å². The second-order valence-corrected chi connectivity index (χ2v) is 4.95. The maximum absolute atomic E-state index is 11.8. The van der Waals surface area contributed by atoms with E-state index in [4.69, 9.17) is 17.3 Å². The first-order valence-electron chi connectivity index (χ1n) is 4.89. The van der Waals surface area contributed by atoms with Crippen LogP contribution in [0, 0.1) is 0 Å². The largest absolute Gasteiger partial charge is 0.399 e. The summed E-state index contributed by atoms with van der Waals surface area (Å²) in [5, 5.41) is 3.35. The summed E-state index contributed by atoms with van der Waals surface area (Å²) in [5.41, 5.74) is 6.61. The fraction of sp³-hybridized carbons (Fsp3) is 0.364. The number of halogens is 1. The number of anilines is 1. The molecule has 88 valence electrons. The van der Waals surface area contributed by atoms with E-state index in [-0.39, 0.29) is 11.9 Å². The van der Waals surface area contributed by atoms with Gasteiger partial charge in [0.2, 0.25) is 0 Å². The van der Waals surface area contributed by atoms with Gasteiger partial charge in [0.25, 0.3) is 5.91 Å². The summed E-state index contributed by atoms with van der Waals surface area (Å²) in [6.45, 7) is 1.96. The smallest absolute Gasteiger partial charge is 0.251 e. The topological polar surface area (TPSA) is 55.1 Å². The van der Waals surface area contributed by atoms with Gasteiger partial charge in [-0.25, -0.2) is 0 Å². The molecular weight excluding hydrogens is 244 g/mol. The van der Waals surface area contributed by atoms with E-state index in [0.29, 0.717) is 16.3 Å². The van der Waals surface area contributed by atoms with Gasteiger partial charge in [0.15, 0.2) is 0 Å². The van der Waals surface area contributed by atoms with E-state index >= 15 is 0 Å². The number of rotatable bonds is 4. The summed E-state index contributed by atoms with van der Waals surface area (Å²) < 4.78 is 0. The number of carbonyl (C=O) groups is 1. The second kappa shape index (κ2) is 6.01. The fourth-order valence-electron chi connectivity index (χ4n) is 1.34. The van der Waals surface area contributed by atoms with Crippen molar-refractivity contribution in [1.82, 2.24) is 5.32 Å². The van der Waals surface area contributed by atoms with Crippen molar-refractivity contribution in [2.45, 2.75) is 13.0 Å². The average Bonchev–Trinajstić information content (AvgIpc) is 2.16. The summed E-state index contributed by atoms with van der Waals surface area (Å²) >= 11 is 7.52. The van der Waals surface area contributed by atoms with Gasteiger partial charge in [-0.05, 0) is 31.4 Å². The van der Waals surface area contributed by atoms with Crippen molar-refractivity contribution >= 4 is 35.0 Å². The number of hydrogen-bond donors (Lipinski definition) is 2. The minimum atomic E-state index is -0.143. The Morgan fingerprint density at radius 2 is 2.25 bits per heavy atom. The van der Waals surface area contributed by atoms with Gasteiger partial charge < -0.3 is 11.1 Å². The number of nitrogen functional groups attached to an aromatic ring is 1. The first-order chi connectivity index (χ1) is 7.52. The van der Waals surface area contributed by atoms with Gasteiger partial charge in [-0.3, -0.25) is 4.79 Å². The van der Waals surface area contributed by atoms with E-state index < -0.39 is 0 Å². The van der Waals surface area contributed by atoms with Crippen LogP contribution in [0.1, 0.15) is 17.3 Å². The molecule has 1 aromatic carbocycles. The van der Waals surface area contributed by atoms with Crippen LogP contribution in [0.25, 0.3) is 0 Å². The Balaban J connectivity index is 2.72. The Bertz CT molecular complexity index is 364. The van der Waals surface area contributed by atoms with Crippen LogP contribution >= 0.6 is 23.4 Å². The lowest BCUT2D eigenvalue weighted by Gasteiger charge is -2.12. The SMILES string of the molecule is CSCC(C)NC(=O)c1cc(N)cc(Cl)c1. The van der Waals surface area contributed by atoms with Gasteiger partial charge in [0.05, 0.1) is 0 Å². The van der Waals surface area contributed by atoms with Crippen LogP contribution in [0.3, 0.4) is 0 Å². The number of thioether (sulfide) groups is 1.